The Morgan fingerprint density at radius 2 is 2.00 bits per heavy atom. The lowest BCUT2D eigenvalue weighted by Gasteiger charge is -2.10. The Labute approximate surface area is 122 Å². The Balaban J connectivity index is 1.83. The zero-order chi connectivity index (χ0) is 14.3. The summed E-state index contributed by atoms with van der Waals surface area (Å²) in [6.07, 6.45) is 3.44. The highest BCUT2D eigenvalue weighted by Gasteiger charge is 2.19. The minimum atomic E-state index is -0.0317. The van der Waals surface area contributed by atoms with Crippen molar-refractivity contribution in [1.82, 2.24) is 0 Å². The maximum Gasteiger partial charge on any atom is 0.265 e. The van der Waals surface area contributed by atoms with E-state index >= 15 is 0 Å². The van der Waals surface area contributed by atoms with E-state index in [1.807, 2.05) is 32.0 Å². The molecule has 3 N–H and O–H groups in total. The van der Waals surface area contributed by atoms with Gasteiger partial charge in [-0.3, -0.25) is 4.79 Å². The molecule has 0 saturated carbocycles. The third kappa shape index (κ3) is 2.31. The van der Waals surface area contributed by atoms with Gasteiger partial charge in [-0.15, -0.1) is 11.3 Å². The number of nitrogens with two attached hydrogens (primary N) is 1. The monoisotopic (exact) mass is 286 g/mol. The summed E-state index contributed by atoms with van der Waals surface area (Å²) in [4.78, 5) is 14.5. The first-order valence-electron chi connectivity index (χ1n) is 6.84. The standard InChI is InChI=1S/C16H18N2OS/c1-9-6-10(2)13(8-12(9)17)18-16(19)15-7-11-4-3-5-14(11)20-15/h6-8H,3-5,17H2,1-2H3,(H,18,19). The van der Waals surface area contributed by atoms with Crippen LogP contribution in [0.3, 0.4) is 0 Å². The number of amides is 1. The number of carbonyl (C=O) groups is 1. The van der Waals surface area contributed by atoms with E-state index in [-0.39, 0.29) is 5.91 Å². The van der Waals surface area contributed by atoms with Crippen LogP contribution in [0.25, 0.3) is 0 Å². The van der Waals surface area contributed by atoms with Crippen molar-refractivity contribution in [2.75, 3.05) is 11.1 Å². The molecule has 1 aliphatic carbocycles. The molecule has 1 aromatic carbocycles. The molecule has 0 spiro atoms. The Hall–Kier alpha value is -1.81. The minimum absolute atomic E-state index is 0.0317. The van der Waals surface area contributed by atoms with Crippen LogP contribution in [0.15, 0.2) is 18.2 Å². The van der Waals surface area contributed by atoms with Gasteiger partial charge < -0.3 is 11.1 Å². The Kier molecular flexibility index (Phi) is 3.26. The van der Waals surface area contributed by atoms with Gasteiger partial charge in [-0.1, -0.05) is 6.07 Å². The third-order valence-electron chi connectivity index (χ3n) is 3.83. The lowest BCUT2D eigenvalue weighted by atomic mass is 10.1. The smallest absolute Gasteiger partial charge is 0.265 e. The average molecular weight is 286 g/mol. The number of anilines is 2. The van der Waals surface area contributed by atoms with E-state index in [2.05, 4.69) is 5.32 Å². The van der Waals surface area contributed by atoms with Crippen molar-refractivity contribution in [2.24, 2.45) is 0 Å². The molecule has 0 atom stereocenters. The SMILES string of the molecule is Cc1cc(C)c(NC(=O)c2cc3c(s2)CCC3)cc1N. The molecule has 104 valence electrons. The summed E-state index contributed by atoms with van der Waals surface area (Å²) in [5, 5.41) is 2.97. The first-order chi connectivity index (χ1) is 9.54. The lowest BCUT2D eigenvalue weighted by Crippen LogP contribution is -2.12. The number of carbonyl (C=O) groups excluding carboxylic acids is 1. The molecule has 0 radical (unpaired) electrons. The molecule has 0 saturated heterocycles. The van der Waals surface area contributed by atoms with Crippen LogP contribution in [0.1, 0.15) is 37.7 Å². The van der Waals surface area contributed by atoms with Gasteiger partial charge in [0, 0.05) is 16.3 Å². The summed E-state index contributed by atoms with van der Waals surface area (Å²) >= 11 is 1.62. The van der Waals surface area contributed by atoms with Gasteiger partial charge in [-0.2, -0.15) is 0 Å². The van der Waals surface area contributed by atoms with Crippen molar-refractivity contribution in [3.63, 3.8) is 0 Å². The van der Waals surface area contributed by atoms with E-state index in [1.165, 1.54) is 16.9 Å². The molecular formula is C16H18N2OS. The molecule has 0 unspecified atom stereocenters. The number of nitrogen functional groups attached to an aromatic ring is 1. The second kappa shape index (κ2) is 4.94. The lowest BCUT2D eigenvalue weighted by molar-refractivity contribution is 0.103. The van der Waals surface area contributed by atoms with Crippen LogP contribution in [0, 0.1) is 13.8 Å². The van der Waals surface area contributed by atoms with Crippen molar-refractivity contribution in [3.8, 4) is 0 Å². The van der Waals surface area contributed by atoms with Crippen LogP contribution in [0.5, 0.6) is 0 Å². The molecule has 1 aromatic heterocycles. The summed E-state index contributed by atoms with van der Waals surface area (Å²) in [5.74, 6) is -0.0317. The molecule has 0 bridgehead atoms. The maximum absolute atomic E-state index is 12.3. The first-order valence-corrected chi connectivity index (χ1v) is 7.66. The summed E-state index contributed by atoms with van der Waals surface area (Å²) < 4.78 is 0. The number of rotatable bonds is 2. The van der Waals surface area contributed by atoms with Gasteiger partial charge in [-0.05, 0) is 61.9 Å². The number of nitrogens with one attached hydrogen (secondary N) is 1. The first kappa shape index (κ1) is 13.2. The topological polar surface area (TPSA) is 55.1 Å². The number of hydrogen-bond donors (Lipinski definition) is 2. The zero-order valence-corrected chi connectivity index (χ0v) is 12.6. The molecule has 4 heteroatoms. The molecule has 3 rings (SSSR count). The van der Waals surface area contributed by atoms with E-state index in [0.29, 0.717) is 5.69 Å². The quantitative estimate of drug-likeness (QED) is 0.827. The van der Waals surface area contributed by atoms with Gasteiger partial charge in [0.05, 0.1) is 4.88 Å². The van der Waals surface area contributed by atoms with Crippen LogP contribution in [0.2, 0.25) is 0 Å². The highest BCUT2D eigenvalue weighted by molar-refractivity contribution is 7.14. The Bertz CT molecular complexity index is 667. The molecule has 1 heterocycles. The van der Waals surface area contributed by atoms with Crippen LogP contribution < -0.4 is 11.1 Å². The van der Waals surface area contributed by atoms with Gasteiger partial charge in [0.2, 0.25) is 0 Å². The normalized spacial score (nSPS) is 13.3. The van der Waals surface area contributed by atoms with Crippen molar-refractivity contribution in [2.45, 2.75) is 33.1 Å². The third-order valence-corrected chi connectivity index (χ3v) is 5.07. The largest absolute Gasteiger partial charge is 0.398 e. The second-order valence-corrected chi connectivity index (χ2v) is 6.53. The molecule has 0 aliphatic heterocycles. The molecule has 0 fully saturated rings. The summed E-state index contributed by atoms with van der Waals surface area (Å²) in [7, 11) is 0. The fourth-order valence-corrected chi connectivity index (χ4v) is 3.78. The van der Waals surface area contributed by atoms with Crippen molar-refractivity contribution in [1.29, 1.82) is 0 Å². The van der Waals surface area contributed by atoms with Crippen molar-refractivity contribution >= 4 is 28.6 Å². The van der Waals surface area contributed by atoms with Crippen LogP contribution >= 0.6 is 11.3 Å². The molecule has 2 aromatic rings. The van der Waals surface area contributed by atoms with E-state index in [4.69, 9.17) is 5.73 Å². The second-order valence-electron chi connectivity index (χ2n) is 5.39. The molecular weight excluding hydrogens is 268 g/mol. The predicted molar refractivity (Wildman–Crippen MR) is 84.6 cm³/mol. The van der Waals surface area contributed by atoms with Gasteiger partial charge in [0.15, 0.2) is 0 Å². The van der Waals surface area contributed by atoms with Crippen molar-refractivity contribution in [3.05, 3.63) is 44.6 Å². The number of aryl methyl sites for hydroxylation is 4. The Morgan fingerprint density at radius 3 is 2.75 bits per heavy atom. The summed E-state index contributed by atoms with van der Waals surface area (Å²) in [6, 6.07) is 5.87. The highest BCUT2D eigenvalue weighted by Crippen LogP contribution is 2.31. The fourth-order valence-electron chi connectivity index (χ4n) is 2.63. The van der Waals surface area contributed by atoms with Crippen LogP contribution in [-0.2, 0) is 12.8 Å². The molecule has 1 amide bonds. The average Bonchev–Trinajstić information content (AvgIpc) is 2.96. The summed E-state index contributed by atoms with van der Waals surface area (Å²) in [5.41, 5.74) is 10.8. The number of benzene rings is 1. The molecule has 20 heavy (non-hydrogen) atoms. The van der Waals surface area contributed by atoms with Crippen LogP contribution in [0.4, 0.5) is 11.4 Å². The number of fused-ring (bicyclic) bond motifs is 1. The molecule has 1 aliphatic rings. The number of thiophene rings is 1. The number of hydrogen-bond acceptors (Lipinski definition) is 3. The van der Waals surface area contributed by atoms with Gasteiger partial charge in [-0.25, -0.2) is 0 Å². The molecule has 3 nitrogen and oxygen atoms in total. The van der Waals surface area contributed by atoms with E-state index in [9.17, 15) is 4.79 Å². The van der Waals surface area contributed by atoms with Crippen molar-refractivity contribution < 1.29 is 4.79 Å². The van der Waals surface area contributed by atoms with Gasteiger partial charge in [0.25, 0.3) is 5.91 Å². The predicted octanol–water partition coefficient (Wildman–Crippen LogP) is 3.69. The zero-order valence-electron chi connectivity index (χ0n) is 11.7. The van der Waals surface area contributed by atoms with E-state index in [0.717, 1.165) is 34.5 Å². The summed E-state index contributed by atoms with van der Waals surface area (Å²) in [6.45, 7) is 3.95. The minimum Gasteiger partial charge on any atom is -0.398 e. The van der Waals surface area contributed by atoms with Gasteiger partial charge in [0.1, 0.15) is 0 Å². The Morgan fingerprint density at radius 1 is 1.20 bits per heavy atom. The van der Waals surface area contributed by atoms with Gasteiger partial charge >= 0.3 is 0 Å². The fraction of sp³-hybridized carbons (Fsp3) is 0.312. The highest BCUT2D eigenvalue weighted by atomic mass is 32.1. The van der Waals surface area contributed by atoms with Crippen LogP contribution in [-0.4, -0.2) is 5.91 Å². The van der Waals surface area contributed by atoms with E-state index < -0.39 is 0 Å². The maximum atomic E-state index is 12.3. The van der Waals surface area contributed by atoms with E-state index in [1.54, 1.807) is 11.3 Å².